The first-order valence-corrected chi connectivity index (χ1v) is 8.49. The molecule has 1 aromatic heterocycles. The van der Waals surface area contributed by atoms with Gasteiger partial charge in [0, 0.05) is 5.56 Å². The highest BCUT2D eigenvalue weighted by Gasteiger charge is 2.28. The summed E-state index contributed by atoms with van der Waals surface area (Å²) < 4.78 is 13.6. The Balaban J connectivity index is 1.95. The standard InChI is InChI=1S/C19H21N5O2/c1-11(2)26-16-12(7-6-10-15(16)25-3)17-22-18(20)23-19-21-13-8-4-5-9-14(13)24(17)19/h4-11,17H,1-3H3,(H3,20,21,22,23). The van der Waals surface area contributed by atoms with E-state index in [-0.39, 0.29) is 6.10 Å². The molecule has 0 spiro atoms. The fourth-order valence-electron chi connectivity index (χ4n) is 3.18. The lowest BCUT2D eigenvalue weighted by Gasteiger charge is -2.26. The summed E-state index contributed by atoms with van der Waals surface area (Å²) in [6.07, 6.45) is -0.408. The van der Waals surface area contributed by atoms with Crippen molar-refractivity contribution in [2.24, 2.45) is 10.7 Å². The highest BCUT2D eigenvalue weighted by molar-refractivity contribution is 5.94. The summed E-state index contributed by atoms with van der Waals surface area (Å²) in [6.45, 7) is 3.96. The second-order valence-electron chi connectivity index (χ2n) is 6.35. The molecule has 0 saturated carbocycles. The van der Waals surface area contributed by atoms with Gasteiger partial charge in [-0.1, -0.05) is 24.3 Å². The lowest BCUT2D eigenvalue weighted by molar-refractivity contribution is 0.226. The minimum atomic E-state index is -0.400. The predicted molar refractivity (Wildman–Crippen MR) is 102 cm³/mol. The molecule has 1 atom stereocenters. The molecule has 0 amide bonds. The lowest BCUT2D eigenvalue weighted by Crippen LogP contribution is -2.31. The molecule has 7 nitrogen and oxygen atoms in total. The van der Waals surface area contributed by atoms with E-state index in [0.29, 0.717) is 23.4 Å². The minimum Gasteiger partial charge on any atom is -0.493 e. The summed E-state index contributed by atoms with van der Waals surface area (Å²) in [5.41, 5.74) is 8.74. The van der Waals surface area contributed by atoms with Gasteiger partial charge >= 0.3 is 0 Å². The Morgan fingerprint density at radius 3 is 2.73 bits per heavy atom. The molecule has 0 fully saturated rings. The van der Waals surface area contributed by atoms with E-state index in [1.165, 1.54) is 0 Å². The molecule has 0 aliphatic carbocycles. The van der Waals surface area contributed by atoms with Crippen LogP contribution in [0.2, 0.25) is 0 Å². The molecule has 0 bridgehead atoms. The maximum absolute atomic E-state index is 6.07. The molecule has 134 valence electrons. The van der Waals surface area contributed by atoms with Crippen LogP contribution in [0.3, 0.4) is 0 Å². The van der Waals surface area contributed by atoms with Crippen molar-refractivity contribution in [1.82, 2.24) is 9.55 Å². The zero-order valence-corrected chi connectivity index (χ0v) is 14.9. The van der Waals surface area contributed by atoms with Gasteiger partial charge in [0.25, 0.3) is 0 Å². The van der Waals surface area contributed by atoms with Gasteiger partial charge in [0.2, 0.25) is 5.95 Å². The number of methoxy groups -OCH3 is 1. The Kier molecular flexibility index (Phi) is 3.91. The number of guanidine groups is 1. The molecule has 4 rings (SSSR count). The molecule has 2 aromatic carbocycles. The number of nitrogens with one attached hydrogen (secondary N) is 1. The van der Waals surface area contributed by atoms with Crippen molar-refractivity contribution < 1.29 is 9.47 Å². The van der Waals surface area contributed by atoms with Crippen molar-refractivity contribution in [3.05, 3.63) is 48.0 Å². The quantitative estimate of drug-likeness (QED) is 0.754. The molecule has 3 N–H and O–H groups in total. The van der Waals surface area contributed by atoms with E-state index in [2.05, 4.69) is 15.3 Å². The van der Waals surface area contributed by atoms with Gasteiger partial charge in [-0.25, -0.2) is 9.98 Å². The van der Waals surface area contributed by atoms with Crippen LogP contribution >= 0.6 is 0 Å². The Labute approximate surface area is 151 Å². The van der Waals surface area contributed by atoms with Crippen LogP contribution in [0.15, 0.2) is 47.5 Å². The first-order valence-electron chi connectivity index (χ1n) is 8.49. The Morgan fingerprint density at radius 1 is 1.15 bits per heavy atom. The summed E-state index contributed by atoms with van der Waals surface area (Å²) in [5.74, 6) is 2.30. The second-order valence-corrected chi connectivity index (χ2v) is 6.35. The van der Waals surface area contributed by atoms with Gasteiger partial charge < -0.3 is 15.2 Å². The van der Waals surface area contributed by atoms with Gasteiger partial charge in [-0.3, -0.25) is 9.88 Å². The number of aromatic nitrogens is 2. The third-order valence-corrected chi connectivity index (χ3v) is 4.20. The van der Waals surface area contributed by atoms with Gasteiger partial charge in [-0.2, -0.15) is 0 Å². The van der Waals surface area contributed by atoms with Crippen LogP contribution in [0.5, 0.6) is 11.5 Å². The number of nitrogens with zero attached hydrogens (tertiary/aromatic N) is 3. The molecule has 0 saturated heterocycles. The molecule has 1 aliphatic rings. The average Bonchev–Trinajstić information content (AvgIpc) is 2.98. The summed E-state index contributed by atoms with van der Waals surface area (Å²) in [6, 6.07) is 13.7. The maximum atomic E-state index is 6.07. The van der Waals surface area contributed by atoms with Crippen LogP contribution in [0.25, 0.3) is 11.0 Å². The number of fused-ring (bicyclic) bond motifs is 3. The van der Waals surface area contributed by atoms with E-state index in [1.54, 1.807) is 7.11 Å². The van der Waals surface area contributed by atoms with E-state index in [1.807, 2.05) is 60.9 Å². The van der Waals surface area contributed by atoms with Crippen molar-refractivity contribution in [3.8, 4) is 11.5 Å². The van der Waals surface area contributed by atoms with Gasteiger partial charge in [0.15, 0.2) is 23.6 Å². The molecule has 2 heterocycles. The summed E-state index contributed by atoms with van der Waals surface area (Å²) in [7, 11) is 1.63. The van der Waals surface area contributed by atoms with Crippen LogP contribution in [0.4, 0.5) is 5.95 Å². The average molecular weight is 351 g/mol. The molecule has 26 heavy (non-hydrogen) atoms. The summed E-state index contributed by atoms with van der Waals surface area (Å²) in [4.78, 5) is 9.26. The zero-order chi connectivity index (χ0) is 18.3. The Bertz CT molecular complexity index is 993. The van der Waals surface area contributed by atoms with Crippen molar-refractivity contribution in [3.63, 3.8) is 0 Å². The van der Waals surface area contributed by atoms with Crippen molar-refractivity contribution in [2.45, 2.75) is 26.1 Å². The number of para-hydroxylation sites is 3. The Hall–Kier alpha value is -3.22. The van der Waals surface area contributed by atoms with Crippen molar-refractivity contribution >= 4 is 22.9 Å². The normalized spacial score (nSPS) is 16.2. The third kappa shape index (κ3) is 2.61. The number of anilines is 1. The van der Waals surface area contributed by atoms with Gasteiger partial charge in [-0.05, 0) is 32.0 Å². The molecule has 7 heteroatoms. The second kappa shape index (κ2) is 6.25. The van der Waals surface area contributed by atoms with Crippen molar-refractivity contribution in [2.75, 3.05) is 12.4 Å². The lowest BCUT2D eigenvalue weighted by atomic mass is 10.1. The molecular formula is C19H21N5O2. The minimum absolute atomic E-state index is 0.00732. The van der Waals surface area contributed by atoms with E-state index in [9.17, 15) is 0 Å². The van der Waals surface area contributed by atoms with Gasteiger partial charge in [-0.15, -0.1) is 0 Å². The fraction of sp³-hybridized carbons (Fsp3) is 0.263. The van der Waals surface area contributed by atoms with Crippen LogP contribution in [0.1, 0.15) is 25.6 Å². The Morgan fingerprint density at radius 2 is 1.96 bits per heavy atom. The number of hydrogen-bond donors (Lipinski definition) is 2. The van der Waals surface area contributed by atoms with Crippen molar-refractivity contribution in [1.29, 1.82) is 0 Å². The first-order chi connectivity index (χ1) is 12.6. The van der Waals surface area contributed by atoms with Gasteiger partial charge in [0.1, 0.15) is 0 Å². The SMILES string of the molecule is COc1cccc(C2N=C(N)Nc3nc4ccccc4n32)c1OC(C)C. The van der Waals surface area contributed by atoms with Gasteiger partial charge in [0.05, 0.1) is 24.2 Å². The van der Waals surface area contributed by atoms with Crippen LogP contribution in [-0.2, 0) is 0 Å². The number of aliphatic imine (C=N–C) groups is 1. The summed E-state index contributed by atoms with van der Waals surface area (Å²) >= 11 is 0. The van der Waals surface area contributed by atoms with E-state index >= 15 is 0 Å². The number of hydrogen-bond acceptors (Lipinski definition) is 6. The fourth-order valence-corrected chi connectivity index (χ4v) is 3.18. The van der Waals surface area contributed by atoms with Crippen LogP contribution < -0.4 is 20.5 Å². The molecule has 1 aliphatic heterocycles. The molecule has 0 radical (unpaired) electrons. The predicted octanol–water partition coefficient (Wildman–Crippen LogP) is 3.12. The topological polar surface area (TPSA) is 86.7 Å². The van der Waals surface area contributed by atoms with E-state index in [0.717, 1.165) is 16.6 Å². The third-order valence-electron chi connectivity index (χ3n) is 4.20. The number of rotatable bonds is 4. The highest BCUT2D eigenvalue weighted by Crippen LogP contribution is 2.41. The molecule has 1 unspecified atom stereocenters. The first kappa shape index (κ1) is 16.3. The largest absolute Gasteiger partial charge is 0.493 e. The highest BCUT2D eigenvalue weighted by atomic mass is 16.5. The van der Waals surface area contributed by atoms with Crippen LogP contribution in [-0.4, -0.2) is 28.7 Å². The maximum Gasteiger partial charge on any atom is 0.212 e. The zero-order valence-electron chi connectivity index (χ0n) is 14.9. The number of nitrogens with two attached hydrogens (primary N) is 1. The number of benzene rings is 2. The number of ether oxygens (including phenoxy) is 2. The summed E-state index contributed by atoms with van der Waals surface area (Å²) in [5, 5.41) is 3.05. The smallest absolute Gasteiger partial charge is 0.212 e. The van der Waals surface area contributed by atoms with E-state index < -0.39 is 6.17 Å². The number of imidazole rings is 1. The molecule has 3 aromatic rings. The monoisotopic (exact) mass is 351 g/mol. The molecular weight excluding hydrogens is 330 g/mol. The van der Waals surface area contributed by atoms with E-state index in [4.69, 9.17) is 15.2 Å². The van der Waals surface area contributed by atoms with Crippen LogP contribution in [0, 0.1) is 0 Å².